The van der Waals surface area contributed by atoms with Crippen LogP contribution in [0, 0.1) is 17.3 Å². The van der Waals surface area contributed by atoms with E-state index in [1.54, 1.807) is 7.05 Å². The summed E-state index contributed by atoms with van der Waals surface area (Å²) in [7, 11) is 1.64. The van der Waals surface area contributed by atoms with E-state index < -0.39 is 0 Å². The van der Waals surface area contributed by atoms with Gasteiger partial charge >= 0.3 is 0 Å². The van der Waals surface area contributed by atoms with Crippen LogP contribution in [-0.4, -0.2) is 25.4 Å². The molecule has 0 aromatic rings. The SMILES string of the molecule is CNC(=O)CC[C@@H](C)CNC(=O)C(C)(C)CC(C)C. The summed E-state index contributed by atoms with van der Waals surface area (Å²) in [5, 5.41) is 5.60. The van der Waals surface area contributed by atoms with Crippen LogP contribution in [0.4, 0.5) is 0 Å². The van der Waals surface area contributed by atoms with Crippen LogP contribution in [-0.2, 0) is 9.59 Å². The van der Waals surface area contributed by atoms with E-state index in [2.05, 4.69) is 31.4 Å². The van der Waals surface area contributed by atoms with Gasteiger partial charge in [0.2, 0.25) is 11.8 Å². The molecule has 2 amide bonds. The Morgan fingerprint density at radius 2 is 1.74 bits per heavy atom. The van der Waals surface area contributed by atoms with Crippen LogP contribution in [0.2, 0.25) is 0 Å². The fourth-order valence-electron chi connectivity index (χ4n) is 2.22. The first-order chi connectivity index (χ1) is 8.69. The molecule has 4 heteroatoms. The summed E-state index contributed by atoms with van der Waals surface area (Å²) in [5.41, 5.74) is -0.325. The van der Waals surface area contributed by atoms with Gasteiger partial charge in [-0.3, -0.25) is 9.59 Å². The lowest BCUT2D eigenvalue weighted by molar-refractivity contribution is -0.130. The van der Waals surface area contributed by atoms with E-state index in [4.69, 9.17) is 0 Å². The zero-order chi connectivity index (χ0) is 15.1. The summed E-state index contributed by atoms with van der Waals surface area (Å²) in [6.45, 7) is 10.9. The predicted molar refractivity (Wildman–Crippen MR) is 78.7 cm³/mol. The molecule has 0 unspecified atom stereocenters. The Morgan fingerprint density at radius 1 is 1.16 bits per heavy atom. The monoisotopic (exact) mass is 270 g/mol. The molecule has 4 nitrogen and oxygen atoms in total. The summed E-state index contributed by atoms with van der Waals surface area (Å²) in [5.74, 6) is 0.980. The lowest BCUT2D eigenvalue weighted by atomic mass is 9.83. The third kappa shape index (κ3) is 7.85. The van der Waals surface area contributed by atoms with Crippen molar-refractivity contribution in [2.45, 2.75) is 53.9 Å². The standard InChI is InChI=1S/C15H30N2O2/c1-11(2)9-15(4,5)14(19)17-10-12(3)7-8-13(18)16-6/h11-12H,7-10H2,1-6H3,(H,16,18)(H,17,19)/t12-/m1/s1. The molecule has 0 spiro atoms. The van der Waals surface area contributed by atoms with Gasteiger partial charge in [-0.1, -0.05) is 34.6 Å². The average molecular weight is 270 g/mol. The van der Waals surface area contributed by atoms with E-state index in [1.165, 1.54) is 0 Å². The second-order valence-corrected chi connectivity index (χ2v) is 6.51. The smallest absolute Gasteiger partial charge is 0.225 e. The topological polar surface area (TPSA) is 58.2 Å². The van der Waals surface area contributed by atoms with Gasteiger partial charge in [-0.2, -0.15) is 0 Å². The van der Waals surface area contributed by atoms with Gasteiger partial charge in [0.25, 0.3) is 0 Å². The molecule has 19 heavy (non-hydrogen) atoms. The van der Waals surface area contributed by atoms with Gasteiger partial charge in [0.1, 0.15) is 0 Å². The molecular formula is C15H30N2O2. The first kappa shape index (κ1) is 17.9. The number of hydrogen-bond donors (Lipinski definition) is 2. The second kappa shape index (κ2) is 8.18. The maximum absolute atomic E-state index is 12.1. The second-order valence-electron chi connectivity index (χ2n) is 6.51. The highest BCUT2D eigenvalue weighted by Gasteiger charge is 2.28. The number of nitrogens with one attached hydrogen (secondary N) is 2. The summed E-state index contributed by atoms with van der Waals surface area (Å²) in [6, 6.07) is 0. The first-order valence-corrected chi connectivity index (χ1v) is 7.18. The van der Waals surface area contributed by atoms with Crippen molar-refractivity contribution in [1.82, 2.24) is 10.6 Å². The molecule has 0 heterocycles. The fraction of sp³-hybridized carbons (Fsp3) is 0.867. The van der Waals surface area contributed by atoms with Crippen LogP contribution in [0.15, 0.2) is 0 Å². The third-order valence-corrected chi connectivity index (χ3v) is 3.29. The van der Waals surface area contributed by atoms with Crippen LogP contribution in [0.1, 0.15) is 53.9 Å². The Labute approximate surface area is 117 Å². The summed E-state index contributed by atoms with van der Waals surface area (Å²) in [6.07, 6.45) is 2.19. The van der Waals surface area contributed by atoms with Crippen molar-refractivity contribution >= 4 is 11.8 Å². The van der Waals surface area contributed by atoms with Crippen molar-refractivity contribution < 1.29 is 9.59 Å². The Morgan fingerprint density at radius 3 is 2.21 bits per heavy atom. The van der Waals surface area contributed by atoms with Crippen molar-refractivity contribution in [3.8, 4) is 0 Å². The normalized spacial score (nSPS) is 13.2. The van der Waals surface area contributed by atoms with Gasteiger partial charge in [-0.05, 0) is 24.7 Å². The van der Waals surface area contributed by atoms with E-state index >= 15 is 0 Å². The van der Waals surface area contributed by atoms with Gasteiger partial charge in [0, 0.05) is 25.4 Å². The Balaban J connectivity index is 4.04. The largest absolute Gasteiger partial charge is 0.359 e. The molecule has 0 aromatic carbocycles. The van der Waals surface area contributed by atoms with Crippen LogP contribution in [0.5, 0.6) is 0 Å². The third-order valence-electron chi connectivity index (χ3n) is 3.29. The number of hydrogen-bond acceptors (Lipinski definition) is 2. The quantitative estimate of drug-likeness (QED) is 0.711. The van der Waals surface area contributed by atoms with Gasteiger partial charge in [0.05, 0.1) is 0 Å². The minimum atomic E-state index is -0.325. The molecule has 112 valence electrons. The lowest BCUT2D eigenvalue weighted by Crippen LogP contribution is -2.39. The molecule has 0 saturated carbocycles. The maximum Gasteiger partial charge on any atom is 0.225 e. The number of rotatable bonds is 8. The lowest BCUT2D eigenvalue weighted by Gasteiger charge is -2.26. The van der Waals surface area contributed by atoms with Crippen LogP contribution in [0.25, 0.3) is 0 Å². The first-order valence-electron chi connectivity index (χ1n) is 7.18. The zero-order valence-corrected chi connectivity index (χ0v) is 13.3. The molecule has 0 radical (unpaired) electrons. The number of carbonyl (C=O) groups is 2. The molecule has 1 atom stereocenters. The molecule has 2 N–H and O–H groups in total. The van der Waals surface area contributed by atoms with E-state index in [0.29, 0.717) is 24.8 Å². The predicted octanol–water partition coefficient (Wildman–Crippen LogP) is 2.34. The van der Waals surface area contributed by atoms with Gasteiger partial charge in [0.15, 0.2) is 0 Å². The fourth-order valence-corrected chi connectivity index (χ4v) is 2.22. The highest BCUT2D eigenvalue weighted by molar-refractivity contribution is 5.81. The number of carbonyl (C=O) groups excluding carboxylic acids is 2. The zero-order valence-electron chi connectivity index (χ0n) is 13.3. The summed E-state index contributed by atoms with van der Waals surface area (Å²) >= 11 is 0. The van der Waals surface area contributed by atoms with E-state index in [1.807, 2.05) is 13.8 Å². The van der Waals surface area contributed by atoms with Crippen molar-refractivity contribution in [3.05, 3.63) is 0 Å². The molecule has 0 aliphatic heterocycles. The highest BCUT2D eigenvalue weighted by atomic mass is 16.2. The van der Waals surface area contributed by atoms with Crippen molar-refractivity contribution in [1.29, 1.82) is 0 Å². The number of amides is 2. The summed E-state index contributed by atoms with van der Waals surface area (Å²) < 4.78 is 0. The average Bonchev–Trinajstić information content (AvgIpc) is 2.31. The van der Waals surface area contributed by atoms with Crippen LogP contribution >= 0.6 is 0 Å². The van der Waals surface area contributed by atoms with E-state index in [-0.39, 0.29) is 17.2 Å². The van der Waals surface area contributed by atoms with E-state index in [9.17, 15) is 9.59 Å². The Bertz CT molecular complexity index is 299. The minimum Gasteiger partial charge on any atom is -0.359 e. The van der Waals surface area contributed by atoms with Crippen LogP contribution < -0.4 is 10.6 Å². The molecule has 0 rings (SSSR count). The Hall–Kier alpha value is -1.06. The maximum atomic E-state index is 12.1. The van der Waals surface area contributed by atoms with Crippen molar-refractivity contribution in [3.63, 3.8) is 0 Å². The molecule has 0 fully saturated rings. The molecular weight excluding hydrogens is 240 g/mol. The molecule has 0 saturated heterocycles. The van der Waals surface area contributed by atoms with E-state index in [0.717, 1.165) is 12.8 Å². The minimum absolute atomic E-state index is 0.0540. The van der Waals surface area contributed by atoms with Gasteiger partial charge < -0.3 is 10.6 Å². The van der Waals surface area contributed by atoms with Gasteiger partial charge in [-0.25, -0.2) is 0 Å². The molecule has 0 aromatic heterocycles. The summed E-state index contributed by atoms with van der Waals surface area (Å²) in [4.78, 5) is 23.2. The van der Waals surface area contributed by atoms with Crippen LogP contribution in [0.3, 0.4) is 0 Å². The van der Waals surface area contributed by atoms with Crippen molar-refractivity contribution in [2.24, 2.45) is 17.3 Å². The molecule has 0 aliphatic carbocycles. The molecule has 0 aliphatic rings. The van der Waals surface area contributed by atoms with Gasteiger partial charge in [-0.15, -0.1) is 0 Å². The highest BCUT2D eigenvalue weighted by Crippen LogP contribution is 2.25. The van der Waals surface area contributed by atoms with Crippen molar-refractivity contribution in [2.75, 3.05) is 13.6 Å². The molecule has 0 bridgehead atoms. The Kier molecular flexibility index (Phi) is 7.72.